The van der Waals surface area contributed by atoms with E-state index in [-0.39, 0.29) is 0 Å². The van der Waals surface area contributed by atoms with Gasteiger partial charge in [0.2, 0.25) is 0 Å². The molecule has 13 heavy (non-hydrogen) atoms. The molecule has 0 aliphatic heterocycles. The van der Waals surface area contributed by atoms with E-state index in [9.17, 15) is 5.11 Å². The van der Waals surface area contributed by atoms with Gasteiger partial charge in [-0.15, -0.1) is 6.58 Å². The molecule has 0 saturated heterocycles. The molecule has 76 valence electrons. The van der Waals surface area contributed by atoms with E-state index in [4.69, 9.17) is 0 Å². The van der Waals surface area contributed by atoms with Gasteiger partial charge < -0.3 is 5.11 Å². The van der Waals surface area contributed by atoms with Crippen LogP contribution in [0.2, 0.25) is 0 Å². The smallest absolute Gasteiger partial charge is 0.0853 e. The van der Waals surface area contributed by atoms with Crippen LogP contribution < -0.4 is 0 Å². The maximum absolute atomic E-state index is 10.1. The number of hydrogen-bond acceptors (Lipinski definition) is 1. The van der Waals surface area contributed by atoms with Crippen molar-refractivity contribution in [2.24, 2.45) is 5.92 Å². The highest BCUT2D eigenvalue weighted by Gasteiger charge is 2.37. The van der Waals surface area contributed by atoms with E-state index >= 15 is 0 Å². The van der Waals surface area contributed by atoms with E-state index in [0.29, 0.717) is 5.92 Å². The fourth-order valence-corrected chi connectivity index (χ4v) is 2.39. The van der Waals surface area contributed by atoms with Gasteiger partial charge in [-0.05, 0) is 31.6 Å². The van der Waals surface area contributed by atoms with E-state index in [1.165, 1.54) is 38.5 Å². The summed E-state index contributed by atoms with van der Waals surface area (Å²) in [7, 11) is 0. The minimum Gasteiger partial charge on any atom is -0.386 e. The van der Waals surface area contributed by atoms with Crippen LogP contribution in [0.1, 0.15) is 51.9 Å². The van der Waals surface area contributed by atoms with Crippen LogP contribution in [0.4, 0.5) is 0 Å². The Hall–Kier alpha value is -0.300. The fourth-order valence-electron chi connectivity index (χ4n) is 2.39. The van der Waals surface area contributed by atoms with Crippen molar-refractivity contribution in [3.63, 3.8) is 0 Å². The van der Waals surface area contributed by atoms with Gasteiger partial charge in [0.05, 0.1) is 5.60 Å². The topological polar surface area (TPSA) is 20.2 Å². The molecule has 1 aliphatic carbocycles. The summed E-state index contributed by atoms with van der Waals surface area (Å²) in [5, 5.41) is 10.1. The maximum atomic E-state index is 10.1. The SMILES string of the molecule is C=CC1(O)CCCC1CCCCC. The summed E-state index contributed by atoms with van der Waals surface area (Å²) < 4.78 is 0. The quantitative estimate of drug-likeness (QED) is 0.511. The molecule has 1 aliphatic rings. The lowest BCUT2D eigenvalue weighted by molar-refractivity contribution is 0.0466. The van der Waals surface area contributed by atoms with E-state index in [1.54, 1.807) is 6.08 Å². The van der Waals surface area contributed by atoms with Crippen LogP contribution in [-0.4, -0.2) is 10.7 Å². The van der Waals surface area contributed by atoms with Crippen LogP contribution in [0.3, 0.4) is 0 Å². The molecule has 1 nitrogen and oxygen atoms in total. The van der Waals surface area contributed by atoms with E-state index < -0.39 is 5.60 Å². The molecule has 0 aromatic carbocycles. The van der Waals surface area contributed by atoms with Crippen molar-refractivity contribution in [1.82, 2.24) is 0 Å². The Labute approximate surface area is 81.9 Å². The number of unbranched alkanes of at least 4 members (excludes halogenated alkanes) is 2. The van der Waals surface area contributed by atoms with E-state index in [0.717, 1.165) is 6.42 Å². The zero-order chi connectivity index (χ0) is 9.73. The molecule has 0 aromatic heterocycles. The van der Waals surface area contributed by atoms with Crippen LogP contribution >= 0.6 is 0 Å². The summed E-state index contributed by atoms with van der Waals surface area (Å²) in [5.74, 6) is 0.483. The van der Waals surface area contributed by atoms with E-state index in [2.05, 4.69) is 13.5 Å². The first-order chi connectivity index (χ1) is 6.23. The molecule has 0 aromatic rings. The van der Waals surface area contributed by atoms with Gasteiger partial charge in [0.1, 0.15) is 0 Å². The van der Waals surface area contributed by atoms with Crippen molar-refractivity contribution >= 4 is 0 Å². The fraction of sp³-hybridized carbons (Fsp3) is 0.833. The molecule has 0 heterocycles. The molecule has 1 fully saturated rings. The molecule has 0 spiro atoms. The lowest BCUT2D eigenvalue weighted by atomic mass is 9.87. The lowest BCUT2D eigenvalue weighted by Gasteiger charge is -2.26. The van der Waals surface area contributed by atoms with Crippen LogP contribution in [0.15, 0.2) is 12.7 Å². The monoisotopic (exact) mass is 182 g/mol. The van der Waals surface area contributed by atoms with Crippen molar-refractivity contribution < 1.29 is 5.11 Å². The van der Waals surface area contributed by atoms with Crippen molar-refractivity contribution in [2.45, 2.75) is 57.5 Å². The lowest BCUT2D eigenvalue weighted by Crippen LogP contribution is -2.30. The zero-order valence-electron chi connectivity index (χ0n) is 8.76. The molecule has 0 bridgehead atoms. The van der Waals surface area contributed by atoms with Crippen molar-refractivity contribution in [2.75, 3.05) is 0 Å². The summed E-state index contributed by atoms with van der Waals surface area (Å²) in [6.45, 7) is 5.96. The van der Waals surface area contributed by atoms with Gasteiger partial charge in [-0.1, -0.05) is 32.3 Å². The highest BCUT2D eigenvalue weighted by Crippen LogP contribution is 2.39. The molecular formula is C12H22O. The minimum absolute atomic E-state index is 0.483. The third-order valence-corrected chi connectivity index (χ3v) is 3.35. The van der Waals surface area contributed by atoms with Gasteiger partial charge in [-0.25, -0.2) is 0 Å². The van der Waals surface area contributed by atoms with Crippen molar-refractivity contribution in [3.05, 3.63) is 12.7 Å². The van der Waals surface area contributed by atoms with Crippen molar-refractivity contribution in [1.29, 1.82) is 0 Å². The third kappa shape index (κ3) is 2.57. The summed E-state index contributed by atoms with van der Waals surface area (Å²) in [4.78, 5) is 0. The first kappa shape index (κ1) is 10.8. The van der Waals surface area contributed by atoms with Gasteiger partial charge in [-0.3, -0.25) is 0 Å². The molecule has 0 amide bonds. The second-order valence-corrected chi connectivity index (χ2v) is 4.28. The summed E-state index contributed by atoms with van der Waals surface area (Å²) in [5.41, 5.74) is -0.534. The van der Waals surface area contributed by atoms with Crippen LogP contribution in [0.5, 0.6) is 0 Å². The normalized spacial score (nSPS) is 33.5. The first-order valence-electron chi connectivity index (χ1n) is 5.59. The molecule has 0 radical (unpaired) electrons. The van der Waals surface area contributed by atoms with Crippen LogP contribution in [-0.2, 0) is 0 Å². The Morgan fingerprint density at radius 1 is 1.54 bits per heavy atom. The van der Waals surface area contributed by atoms with Gasteiger partial charge in [0, 0.05) is 0 Å². The Kier molecular flexibility index (Phi) is 3.98. The highest BCUT2D eigenvalue weighted by atomic mass is 16.3. The van der Waals surface area contributed by atoms with Crippen LogP contribution in [0.25, 0.3) is 0 Å². The van der Waals surface area contributed by atoms with Gasteiger partial charge in [-0.2, -0.15) is 0 Å². The molecule has 2 atom stereocenters. The maximum Gasteiger partial charge on any atom is 0.0853 e. The van der Waals surface area contributed by atoms with Gasteiger partial charge in [0.15, 0.2) is 0 Å². The summed E-state index contributed by atoms with van der Waals surface area (Å²) in [6, 6.07) is 0. The molecule has 1 heteroatoms. The molecule has 2 unspecified atom stereocenters. The Balaban J connectivity index is 2.35. The second kappa shape index (κ2) is 4.80. The molecule has 1 saturated carbocycles. The summed E-state index contributed by atoms with van der Waals surface area (Å²) >= 11 is 0. The molecular weight excluding hydrogens is 160 g/mol. The van der Waals surface area contributed by atoms with Crippen LogP contribution in [0, 0.1) is 5.92 Å². The zero-order valence-corrected chi connectivity index (χ0v) is 8.76. The van der Waals surface area contributed by atoms with Gasteiger partial charge >= 0.3 is 0 Å². The predicted octanol–water partition coefficient (Wildman–Crippen LogP) is 3.28. The molecule has 1 N–H and O–H groups in total. The summed E-state index contributed by atoms with van der Waals surface area (Å²) in [6.07, 6.45) is 10.0. The van der Waals surface area contributed by atoms with Gasteiger partial charge in [0.25, 0.3) is 0 Å². The van der Waals surface area contributed by atoms with Crippen molar-refractivity contribution in [3.8, 4) is 0 Å². The average molecular weight is 182 g/mol. The number of hydrogen-bond donors (Lipinski definition) is 1. The Morgan fingerprint density at radius 2 is 2.31 bits per heavy atom. The Bertz CT molecular complexity index is 165. The number of rotatable bonds is 5. The highest BCUT2D eigenvalue weighted by molar-refractivity contribution is 5.04. The van der Waals surface area contributed by atoms with E-state index in [1.807, 2.05) is 0 Å². The number of aliphatic hydroxyl groups is 1. The standard InChI is InChI=1S/C12H22O/c1-3-5-6-8-11-9-7-10-12(11,13)4-2/h4,11,13H,2-3,5-10H2,1H3. The minimum atomic E-state index is -0.534. The predicted molar refractivity (Wildman–Crippen MR) is 56.6 cm³/mol. The second-order valence-electron chi connectivity index (χ2n) is 4.28. The Morgan fingerprint density at radius 3 is 2.92 bits per heavy atom. The largest absolute Gasteiger partial charge is 0.386 e. The third-order valence-electron chi connectivity index (χ3n) is 3.35. The average Bonchev–Trinajstić information content (AvgIpc) is 2.50. The first-order valence-corrected chi connectivity index (χ1v) is 5.59. The molecule has 1 rings (SSSR count).